The molecule has 1 saturated heterocycles. The predicted octanol–water partition coefficient (Wildman–Crippen LogP) is 2.34. The molecular weight excluding hydrogens is 288 g/mol. The maximum atomic E-state index is 9.55. The van der Waals surface area contributed by atoms with Gasteiger partial charge in [-0.25, -0.2) is 9.97 Å². The highest BCUT2D eigenvalue weighted by Crippen LogP contribution is 2.25. The molecule has 2 heterocycles. The Balaban J connectivity index is 1.79. The van der Waals surface area contributed by atoms with Crippen molar-refractivity contribution in [2.75, 3.05) is 23.7 Å². The Bertz CT molecular complexity index is 624. The van der Waals surface area contributed by atoms with E-state index < -0.39 is 0 Å². The molecule has 0 unspecified atom stereocenters. The number of hydrogen-bond donors (Lipinski definition) is 2. The summed E-state index contributed by atoms with van der Waals surface area (Å²) < 4.78 is 0. The lowest BCUT2D eigenvalue weighted by molar-refractivity contribution is 0.145. The van der Waals surface area contributed by atoms with E-state index in [0.717, 1.165) is 37.2 Å². The average Bonchev–Trinajstić information content (AvgIpc) is 2.51. The van der Waals surface area contributed by atoms with Crippen molar-refractivity contribution in [3.05, 3.63) is 35.6 Å². The fourth-order valence-electron chi connectivity index (χ4n) is 2.48. The van der Waals surface area contributed by atoms with Gasteiger partial charge in [-0.2, -0.15) is 0 Å². The molecule has 2 aromatic rings. The number of piperidine rings is 1. The maximum Gasteiger partial charge on any atom is 0.171 e. The van der Waals surface area contributed by atoms with Crippen LogP contribution in [0.5, 0.6) is 0 Å². The number of halogens is 1. The summed E-state index contributed by atoms with van der Waals surface area (Å²) in [5, 5.41) is 9.77. The van der Waals surface area contributed by atoms with Gasteiger partial charge in [0.15, 0.2) is 11.0 Å². The highest BCUT2D eigenvalue weighted by molar-refractivity contribution is 6.31. The Morgan fingerprint density at radius 2 is 1.86 bits per heavy atom. The molecule has 1 aromatic heterocycles. The van der Waals surface area contributed by atoms with Gasteiger partial charge in [-0.15, -0.1) is 0 Å². The van der Waals surface area contributed by atoms with Gasteiger partial charge in [0.25, 0.3) is 0 Å². The largest absolute Gasteiger partial charge is 0.393 e. The van der Waals surface area contributed by atoms with Crippen molar-refractivity contribution in [1.29, 1.82) is 0 Å². The van der Waals surface area contributed by atoms with Crippen molar-refractivity contribution in [2.24, 2.45) is 0 Å². The van der Waals surface area contributed by atoms with E-state index in [1.165, 1.54) is 0 Å². The van der Waals surface area contributed by atoms with Crippen LogP contribution in [0.1, 0.15) is 12.8 Å². The average molecular weight is 305 g/mol. The standard InChI is InChI=1S/C15H17ClN4O/c16-14-15(17)18-9-13(19-14)10-1-3-11(4-2-10)20-7-5-12(21)6-8-20/h1-4,9,12,21H,5-8H2,(H2,17,18). The lowest BCUT2D eigenvalue weighted by atomic mass is 10.1. The highest BCUT2D eigenvalue weighted by Gasteiger charge is 2.17. The maximum absolute atomic E-state index is 9.55. The van der Waals surface area contributed by atoms with E-state index >= 15 is 0 Å². The molecule has 0 aliphatic carbocycles. The summed E-state index contributed by atoms with van der Waals surface area (Å²) in [5.74, 6) is 0.240. The van der Waals surface area contributed by atoms with Crippen LogP contribution in [0.3, 0.4) is 0 Å². The number of anilines is 2. The lowest BCUT2D eigenvalue weighted by Crippen LogP contribution is -2.35. The minimum atomic E-state index is -0.160. The van der Waals surface area contributed by atoms with Crippen LogP contribution in [0.15, 0.2) is 30.5 Å². The third-order valence-electron chi connectivity index (χ3n) is 3.75. The molecule has 5 nitrogen and oxygen atoms in total. The van der Waals surface area contributed by atoms with Crippen LogP contribution in [0.25, 0.3) is 11.3 Å². The predicted molar refractivity (Wildman–Crippen MR) is 84.3 cm³/mol. The lowest BCUT2D eigenvalue weighted by Gasteiger charge is -2.31. The summed E-state index contributed by atoms with van der Waals surface area (Å²) >= 11 is 5.90. The van der Waals surface area contributed by atoms with E-state index in [2.05, 4.69) is 27.0 Å². The first-order valence-corrected chi connectivity index (χ1v) is 7.33. The normalized spacial score (nSPS) is 16.2. The minimum Gasteiger partial charge on any atom is -0.393 e. The van der Waals surface area contributed by atoms with Crippen molar-refractivity contribution < 1.29 is 5.11 Å². The summed E-state index contributed by atoms with van der Waals surface area (Å²) in [6.07, 6.45) is 3.10. The van der Waals surface area contributed by atoms with Crippen molar-refractivity contribution >= 4 is 23.1 Å². The van der Waals surface area contributed by atoms with Crippen LogP contribution in [-0.4, -0.2) is 34.3 Å². The van der Waals surface area contributed by atoms with Gasteiger partial charge >= 0.3 is 0 Å². The smallest absolute Gasteiger partial charge is 0.171 e. The monoisotopic (exact) mass is 304 g/mol. The van der Waals surface area contributed by atoms with E-state index in [9.17, 15) is 5.11 Å². The molecule has 6 heteroatoms. The number of benzene rings is 1. The number of aliphatic hydroxyl groups is 1. The second-order valence-corrected chi connectivity index (χ2v) is 5.55. The van der Waals surface area contributed by atoms with E-state index in [4.69, 9.17) is 17.3 Å². The Morgan fingerprint density at radius 1 is 1.19 bits per heavy atom. The van der Waals surface area contributed by atoms with E-state index in [-0.39, 0.29) is 17.1 Å². The second kappa shape index (κ2) is 5.87. The highest BCUT2D eigenvalue weighted by atomic mass is 35.5. The fourth-order valence-corrected chi connectivity index (χ4v) is 2.62. The molecule has 0 amide bonds. The topological polar surface area (TPSA) is 75.3 Å². The Hall–Kier alpha value is -1.85. The number of nitrogens with zero attached hydrogens (tertiary/aromatic N) is 3. The Labute approximate surface area is 128 Å². The minimum absolute atomic E-state index is 0.160. The van der Waals surface area contributed by atoms with Crippen molar-refractivity contribution in [2.45, 2.75) is 18.9 Å². The van der Waals surface area contributed by atoms with E-state index in [1.807, 2.05) is 12.1 Å². The van der Waals surface area contributed by atoms with Crippen LogP contribution in [0, 0.1) is 0 Å². The summed E-state index contributed by atoms with van der Waals surface area (Å²) in [4.78, 5) is 10.5. The number of aliphatic hydroxyl groups excluding tert-OH is 1. The molecule has 1 aliphatic heterocycles. The molecule has 0 radical (unpaired) electrons. The van der Waals surface area contributed by atoms with Crippen molar-refractivity contribution in [1.82, 2.24) is 9.97 Å². The summed E-state index contributed by atoms with van der Waals surface area (Å²) in [6, 6.07) is 8.10. The van der Waals surface area contributed by atoms with Crippen molar-refractivity contribution in [3.8, 4) is 11.3 Å². The zero-order valence-corrected chi connectivity index (χ0v) is 12.3. The van der Waals surface area contributed by atoms with E-state index in [1.54, 1.807) is 6.20 Å². The van der Waals surface area contributed by atoms with Crippen LogP contribution in [-0.2, 0) is 0 Å². The number of nitrogen functional groups attached to an aromatic ring is 1. The SMILES string of the molecule is Nc1ncc(-c2ccc(N3CCC(O)CC3)cc2)nc1Cl. The zero-order chi connectivity index (χ0) is 14.8. The van der Waals surface area contributed by atoms with Gasteiger partial charge in [0.1, 0.15) is 0 Å². The van der Waals surface area contributed by atoms with Gasteiger partial charge in [0, 0.05) is 24.3 Å². The van der Waals surface area contributed by atoms with Gasteiger partial charge in [0.2, 0.25) is 0 Å². The first-order chi connectivity index (χ1) is 10.1. The summed E-state index contributed by atoms with van der Waals surface area (Å²) in [5.41, 5.74) is 8.37. The molecule has 3 N–H and O–H groups in total. The van der Waals surface area contributed by atoms with Gasteiger partial charge in [-0.1, -0.05) is 23.7 Å². The number of nitrogens with two attached hydrogens (primary N) is 1. The summed E-state index contributed by atoms with van der Waals surface area (Å²) in [6.45, 7) is 1.77. The van der Waals surface area contributed by atoms with Gasteiger partial charge in [0.05, 0.1) is 18.0 Å². The number of aromatic nitrogens is 2. The molecule has 1 aliphatic rings. The van der Waals surface area contributed by atoms with E-state index in [0.29, 0.717) is 5.69 Å². The van der Waals surface area contributed by atoms with Gasteiger partial charge in [-0.05, 0) is 25.0 Å². The Kier molecular flexibility index (Phi) is 3.94. The molecule has 0 bridgehead atoms. The molecule has 0 saturated carbocycles. The third kappa shape index (κ3) is 3.09. The first kappa shape index (κ1) is 14.1. The molecule has 0 atom stereocenters. The first-order valence-electron chi connectivity index (χ1n) is 6.95. The molecule has 110 valence electrons. The Morgan fingerprint density at radius 3 is 2.48 bits per heavy atom. The molecule has 1 fully saturated rings. The molecule has 21 heavy (non-hydrogen) atoms. The van der Waals surface area contributed by atoms with Gasteiger partial charge < -0.3 is 15.7 Å². The zero-order valence-electron chi connectivity index (χ0n) is 11.5. The van der Waals surface area contributed by atoms with Crippen molar-refractivity contribution in [3.63, 3.8) is 0 Å². The molecule has 0 spiro atoms. The van der Waals surface area contributed by atoms with Crippen LogP contribution in [0.4, 0.5) is 11.5 Å². The second-order valence-electron chi connectivity index (χ2n) is 5.20. The van der Waals surface area contributed by atoms with Crippen LogP contribution in [0.2, 0.25) is 5.15 Å². The fraction of sp³-hybridized carbons (Fsp3) is 0.333. The van der Waals surface area contributed by atoms with Crippen LogP contribution < -0.4 is 10.6 Å². The quantitative estimate of drug-likeness (QED) is 0.890. The third-order valence-corrected chi connectivity index (χ3v) is 4.03. The summed E-state index contributed by atoms with van der Waals surface area (Å²) in [7, 11) is 0. The number of hydrogen-bond acceptors (Lipinski definition) is 5. The van der Waals surface area contributed by atoms with Gasteiger partial charge in [-0.3, -0.25) is 0 Å². The molecule has 3 rings (SSSR count). The molecular formula is C15H17ClN4O. The van der Waals surface area contributed by atoms with Crippen LogP contribution >= 0.6 is 11.6 Å². The molecule has 1 aromatic carbocycles. The number of rotatable bonds is 2.